The summed E-state index contributed by atoms with van der Waals surface area (Å²) in [6.07, 6.45) is 8.48. The van der Waals surface area contributed by atoms with E-state index in [9.17, 15) is 4.79 Å². The molecule has 0 unspecified atom stereocenters. The standard InChI is InChI=1S/C23H19N5OS/c1-17-5-12-22(30-17)21(29)11-6-18-14-27(16-26-18)19-7-9-20(10-8-19)28-13-3-2-4-23(28)25-15-24/h2-5,7-10,12-14,16H,6,11H2,1H3. The lowest BCUT2D eigenvalue weighted by atomic mass is 10.1. The molecule has 4 aromatic rings. The second-order valence-electron chi connectivity index (χ2n) is 6.76. The number of pyridine rings is 1. The smallest absolute Gasteiger partial charge is 0.207 e. The highest BCUT2D eigenvalue weighted by Crippen LogP contribution is 2.18. The first kappa shape index (κ1) is 19.6. The van der Waals surface area contributed by atoms with E-state index in [0.29, 0.717) is 18.3 Å². The van der Waals surface area contributed by atoms with Gasteiger partial charge in [-0.3, -0.25) is 4.79 Å². The molecular weight excluding hydrogens is 394 g/mol. The van der Waals surface area contributed by atoms with E-state index in [0.717, 1.165) is 26.8 Å². The lowest BCUT2D eigenvalue weighted by molar-refractivity contribution is 0.0986. The van der Waals surface area contributed by atoms with Crippen molar-refractivity contribution >= 4 is 17.1 Å². The van der Waals surface area contributed by atoms with Gasteiger partial charge in [0.15, 0.2) is 5.78 Å². The van der Waals surface area contributed by atoms with Gasteiger partial charge in [-0.1, -0.05) is 6.07 Å². The quantitative estimate of drug-likeness (QED) is 0.351. The minimum Gasteiger partial charge on any atom is -0.306 e. The van der Waals surface area contributed by atoms with Gasteiger partial charge in [0.1, 0.15) is 5.49 Å². The molecule has 0 N–H and O–H groups in total. The molecule has 0 spiro atoms. The SMILES string of the molecule is Cc1ccc(C(=O)CCc2cn(-c3ccc(-n4ccccc4=NC#N)cc3)cn2)s1. The van der Waals surface area contributed by atoms with E-state index >= 15 is 0 Å². The monoisotopic (exact) mass is 413 g/mol. The van der Waals surface area contributed by atoms with Crippen LogP contribution < -0.4 is 5.49 Å². The maximum absolute atomic E-state index is 12.3. The molecule has 4 rings (SSSR count). The number of Topliss-reactive ketones (excluding diaryl/α,β-unsaturated/α-hetero) is 1. The number of carbonyl (C=O) groups excluding carboxylic acids is 1. The zero-order valence-corrected chi connectivity index (χ0v) is 17.2. The predicted molar refractivity (Wildman–Crippen MR) is 116 cm³/mol. The average Bonchev–Trinajstić information content (AvgIpc) is 3.42. The Balaban J connectivity index is 1.47. The number of thiophene rings is 1. The van der Waals surface area contributed by atoms with Gasteiger partial charge in [0.25, 0.3) is 0 Å². The molecule has 7 heteroatoms. The van der Waals surface area contributed by atoms with Gasteiger partial charge in [-0.15, -0.1) is 11.3 Å². The van der Waals surface area contributed by atoms with Crippen molar-refractivity contribution in [3.8, 4) is 17.6 Å². The summed E-state index contributed by atoms with van der Waals surface area (Å²) in [6.45, 7) is 2.00. The molecule has 30 heavy (non-hydrogen) atoms. The van der Waals surface area contributed by atoms with E-state index in [4.69, 9.17) is 5.26 Å². The van der Waals surface area contributed by atoms with Gasteiger partial charge in [-0.2, -0.15) is 10.3 Å². The third-order valence-electron chi connectivity index (χ3n) is 4.69. The summed E-state index contributed by atoms with van der Waals surface area (Å²) in [6, 6.07) is 17.3. The van der Waals surface area contributed by atoms with Gasteiger partial charge >= 0.3 is 0 Å². The van der Waals surface area contributed by atoms with Crippen molar-refractivity contribution in [2.24, 2.45) is 4.99 Å². The zero-order valence-electron chi connectivity index (χ0n) is 16.4. The average molecular weight is 414 g/mol. The summed E-state index contributed by atoms with van der Waals surface area (Å²) in [4.78, 5) is 22.5. The van der Waals surface area contributed by atoms with E-state index in [1.54, 1.807) is 12.4 Å². The summed E-state index contributed by atoms with van der Waals surface area (Å²) in [5.41, 5.74) is 3.33. The highest BCUT2D eigenvalue weighted by atomic mass is 32.1. The predicted octanol–water partition coefficient (Wildman–Crippen LogP) is 4.23. The maximum atomic E-state index is 12.3. The molecule has 0 amide bonds. The number of hydrogen-bond acceptors (Lipinski definition) is 5. The molecule has 0 aliphatic carbocycles. The number of nitriles is 1. The molecule has 1 aromatic carbocycles. The second-order valence-corrected chi connectivity index (χ2v) is 8.05. The highest BCUT2D eigenvalue weighted by molar-refractivity contribution is 7.14. The van der Waals surface area contributed by atoms with Crippen LogP contribution in [0.25, 0.3) is 11.4 Å². The van der Waals surface area contributed by atoms with Crippen molar-refractivity contribution in [3.05, 3.63) is 94.3 Å². The van der Waals surface area contributed by atoms with Crippen molar-refractivity contribution in [2.75, 3.05) is 0 Å². The van der Waals surface area contributed by atoms with Crippen LogP contribution in [0.5, 0.6) is 0 Å². The van der Waals surface area contributed by atoms with Gasteiger partial charge in [-0.05, 0) is 61.9 Å². The summed E-state index contributed by atoms with van der Waals surface area (Å²) in [5, 5.41) is 8.87. The van der Waals surface area contributed by atoms with Crippen LogP contribution in [0.4, 0.5) is 0 Å². The van der Waals surface area contributed by atoms with Crippen molar-refractivity contribution in [1.29, 1.82) is 5.26 Å². The fourth-order valence-electron chi connectivity index (χ4n) is 3.16. The summed E-state index contributed by atoms with van der Waals surface area (Å²) < 4.78 is 3.79. The number of imidazole rings is 1. The number of ketones is 1. The summed E-state index contributed by atoms with van der Waals surface area (Å²) in [7, 11) is 0. The van der Waals surface area contributed by atoms with Crippen molar-refractivity contribution in [3.63, 3.8) is 0 Å². The summed E-state index contributed by atoms with van der Waals surface area (Å²) >= 11 is 1.53. The van der Waals surface area contributed by atoms with E-state index < -0.39 is 0 Å². The number of hydrogen-bond donors (Lipinski definition) is 0. The minimum atomic E-state index is 0.158. The first-order chi connectivity index (χ1) is 14.6. The third-order valence-corrected chi connectivity index (χ3v) is 5.73. The normalized spacial score (nSPS) is 11.4. The number of aromatic nitrogens is 3. The molecule has 148 valence electrons. The third kappa shape index (κ3) is 4.29. The largest absolute Gasteiger partial charge is 0.306 e. The lowest BCUT2D eigenvalue weighted by Crippen LogP contribution is -2.17. The number of aryl methyl sites for hydroxylation is 2. The number of rotatable bonds is 6. The van der Waals surface area contributed by atoms with Gasteiger partial charge in [0, 0.05) is 35.1 Å². The van der Waals surface area contributed by atoms with Crippen LogP contribution in [0.3, 0.4) is 0 Å². The molecule has 0 bridgehead atoms. The molecule has 0 atom stereocenters. The molecule has 0 saturated carbocycles. The molecule has 6 nitrogen and oxygen atoms in total. The molecule has 3 aromatic heterocycles. The van der Waals surface area contributed by atoms with E-state index in [1.165, 1.54) is 11.3 Å². The molecule has 0 aliphatic heterocycles. The molecule has 3 heterocycles. The summed E-state index contributed by atoms with van der Waals surface area (Å²) in [5.74, 6) is 0.158. The molecule has 0 radical (unpaired) electrons. The minimum absolute atomic E-state index is 0.158. The highest BCUT2D eigenvalue weighted by Gasteiger charge is 2.10. The Morgan fingerprint density at radius 3 is 2.67 bits per heavy atom. The van der Waals surface area contributed by atoms with E-state index in [2.05, 4.69) is 9.98 Å². The van der Waals surface area contributed by atoms with Crippen LogP contribution in [-0.2, 0) is 6.42 Å². The zero-order chi connectivity index (χ0) is 20.9. The fourth-order valence-corrected chi connectivity index (χ4v) is 4.00. The Hall–Kier alpha value is -3.76. The van der Waals surface area contributed by atoms with Crippen LogP contribution >= 0.6 is 11.3 Å². The van der Waals surface area contributed by atoms with Gasteiger partial charge in [-0.25, -0.2) is 4.98 Å². The molecule has 0 aliphatic rings. The van der Waals surface area contributed by atoms with Crippen LogP contribution in [0.15, 0.2) is 78.3 Å². The molecule has 0 fully saturated rings. The maximum Gasteiger partial charge on any atom is 0.207 e. The Bertz CT molecular complexity index is 1290. The Labute approximate surface area is 178 Å². The number of nitrogens with zero attached hydrogens (tertiary/aromatic N) is 5. The topological polar surface area (TPSA) is 76.0 Å². The number of carbonyl (C=O) groups is 1. The Morgan fingerprint density at radius 1 is 1.13 bits per heavy atom. The fraction of sp³-hybridized carbons (Fsp3) is 0.130. The van der Waals surface area contributed by atoms with Gasteiger partial charge in [0.2, 0.25) is 6.19 Å². The van der Waals surface area contributed by atoms with Gasteiger partial charge < -0.3 is 9.13 Å². The lowest BCUT2D eigenvalue weighted by Gasteiger charge is -2.08. The van der Waals surface area contributed by atoms with Gasteiger partial charge in [0.05, 0.1) is 16.9 Å². The second kappa shape index (κ2) is 8.72. The van der Waals surface area contributed by atoms with E-state index in [-0.39, 0.29) is 5.78 Å². The van der Waals surface area contributed by atoms with Crippen LogP contribution in [0.1, 0.15) is 26.7 Å². The van der Waals surface area contributed by atoms with Crippen molar-refractivity contribution in [1.82, 2.24) is 14.1 Å². The van der Waals surface area contributed by atoms with Crippen molar-refractivity contribution in [2.45, 2.75) is 19.8 Å². The van der Waals surface area contributed by atoms with Crippen LogP contribution in [0.2, 0.25) is 0 Å². The Morgan fingerprint density at radius 2 is 1.93 bits per heavy atom. The first-order valence-electron chi connectivity index (χ1n) is 9.48. The Kier molecular flexibility index (Phi) is 5.68. The molecule has 0 saturated heterocycles. The van der Waals surface area contributed by atoms with Crippen molar-refractivity contribution < 1.29 is 4.79 Å². The van der Waals surface area contributed by atoms with Crippen LogP contribution in [0, 0.1) is 18.4 Å². The molecular formula is C23H19N5OS. The number of benzene rings is 1. The van der Waals surface area contributed by atoms with Crippen LogP contribution in [-0.4, -0.2) is 19.9 Å². The first-order valence-corrected chi connectivity index (χ1v) is 10.3. The van der Waals surface area contributed by atoms with E-state index in [1.807, 2.05) is 83.2 Å².